The number of aromatic amines is 1. The number of likely N-dealkylation sites (tertiary alicyclic amines) is 1. The zero-order valence-electron chi connectivity index (χ0n) is 19.5. The van der Waals surface area contributed by atoms with Crippen LogP contribution in [0, 0.1) is 5.92 Å². The largest absolute Gasteiger partial charge is 0.497 e. The van der Waals surface area contributed by atoms with Crippen molar-refractivity contribution in [2.24, 2.45) is 5.92 Å². The molecule has 2 heterocycles. The highest BCUT2D eigenvalue weighted by Crippen LogP contribution is 2.26. The van der Waals surface area contributed by atoms with E-state index < -0.39 is 0 Å². The molecular formula is C25H36N4O3. The monoisotopic (exact) mass is 440 g/mol. The number of hydrogen-bond acceptors (Lipinski definition) is 5. The molecule has 1 aliphatic rings. The first kappa shape index (κ1) is 24.0. The van der Waals surface area contributed by atoms with Gasteiger partial charge in [-0.1, -0.05) is 25.0 Å². The second-order valence-electron chi connectivity index (χ2n) is 8.88. The topological polar surface area (TPSA) is 87.3 Å². The van der Waals surface area contributed by atoms with Crippen molar-refractivity contribution in [1.82, 2.24) is 20.2 Å². The number of carbonyl (C=O) groups is 2. The summed E-state index contributed by atoms with van der Waals surface area (Å²) in [5, 5.41) is 3.26. The van der Waals surface area contributed by atoms with Crippen molar-refractivity contribution in [1.29, 1.82) is 0 Å². The predicted octanol–water partition coefficient (Wildman–Crippen LogP) is 4.12. The molecule has 7 nitrogen and oxygen atoms in total. The Hall–Kier alpha value is -2.67. The van der Waals surface area contributed by atoms with E-state index in [9.17, 15) is 9.59 Å². The van der Waals surface area contributed by atoms with Gasteiger partial charge in [0.1, 0.15) is 17.4 Å². The normalized spacial score (nSPS) is 17.7. The quantitative estimate of drug-likeness (QED) is 0.513. The number of unbranched alkanes of at least 4 members (excludes halogenated alkanes) is 2. The molecule has 0 saturated carbocycles. The van der Waals surface area contributed by atoms with Gasteiger partial charge in [-0.2, -0.15) is 0 Å². The molecule has 174 valence electrons. The highest BCUT2D eigenvalue weighted by Gasteiger charge is 2.27. The van der Waals surface area contributed by atoms with Gasteiger partial charge in [-0.05, 0) is 58.3 Å². The molecule has 0 unspecified atom stereocenters. The number of amides is 1. The summed E-state index contributed by atoms with van der Waals surface area (Å²) in [6.07, 6.45) is 7.97. The summed E-state index contributed by atoms with van der Waals surface area (Å²) in [6.45, 7) is 3.48. The van der Waals surface area contributed by atoms with Crippen LogP contribution in [0.2, 0.25) is 0 Å². The number of carbonyl (C=O) groups excluding carboxylic acids is 2. The Kier molecular flexibility index (Phi) is 8.85. The van der Waals surface area contributed by atoms with Crippen LogP contribution in [-0.2, 0) is 9.59 Å². The van der Waals surface area contributed by atoms with E-state index in [2.05, 4.69) is 27.2 Å². The predicted molar refractivity (Wildman–Crippen MR) is 125 cm³/mol. The maximum Gasteiger partial charge on any atom is 0.224 e. The van der Waals surface area contributed by atoms with Gasteiger partial charge in [-0.3, -0.25) is 4.79 Å². The van der Waals surface area contributed by atoms with Crippen LogP contribution in [0.15, 0.2) is 30.5 Å². The van der Waals surface area contributed by atoms with Gasteiger partial charge < -0.3 is 24.7 Å². The molecular weight excluding hydrogens is 404 g/mol. The Bertz CT molecular complexity index is 895. The van der Waals surface area contributed by atoms with Crippen LogP contribution in [0.25, 0.3) is 11.3 Å². The van der Waals surface area contributed by atoms with E-state index >= 15 is 0 Å². The number of nitrogens with one attached hydrogen (secondary N) is 2. The van der Waals surface area contributed by atoms with Gasteiger partial charge in [0, 0.05) is 18.5 Å². The number of aromatic nitrogens is 2. The average Bonchev–Trinajstić information content (AvgIpc) is 3.28. The van der Waals surface area contributed by atoms with Crippen molar-refractivity contribution in [3.63, 3.8) is 0 Å². The van der Waals surface area contributed by atoms with Crippen molar-refractivity contribution in [2.75, 3.05) is 27.2 Å². The highest BCUT2D eigenvalue weighted by atomic mass is 16.5. The summed E-state index contributed by atoms with van der Waals surface area (Å²) < 4.78 is 5.33. The van der Waals surface area contributed by atoms with Gasteiger partial charge in [0.15, 0.2) is 0 Å². The first-order valence-electron chi connectivity index (χ1n) is 11.6. The third-order valence-electron chi connectivity index (χ3n) is 6.14. The van der Waals surface area contributed by atoms with E-state index in [1.54, 1.807) is 14.0 Å². The van der Waals surface area contributed by atoms with Gasteiger partial charge in [-0.25, -0.2) is 4.98 Å². The van der Waals surface area contributed by atoms with Crippen LogP contribution in [0.5, 0.6) is 5.75 Å². The summed E-state index contributed by atoms with van der Waals surface area (Å²) in [5.74, 6) is 1.90. The summed E-state index contributed by atoms with van der Waals surface area (Å²) in [7, 11) is 3.72. The van der Waals surface area contributed by atoms with Crippen molar-refractivity contribution in [3.8, 4) is 17.0 Å². The minimum absolute atomic E-state index is 0.0155. The standard InChI is InChI=1S/C25H36N4O3/c1-18(30)9-5-4-6-13-22(28-25(31)20-11-8-14-29(2)17-20)24-26-16-23(27-24)19-10-7-12-21(15-19)32-3/h7,10,12,15-16,20,22H,4-6,8-9,11,13-14,17H2,1-3H3,(H,26,27)(H,28,31)/t20-,22-/m0/s1. The Balaban J connectivity index is 1.70. The molecule has 0 spiro atoms. The molecule has 1 aromatic heterocycles. The molecule has 1 aromatic carbocycles. The first-order chi connectivity index (χ1) is 15.5. The number of benzene rings is 1. The third kappa shape index (κ3) is 6.92. The van der Waals surface area contributed by atoms with Crippen molar-refractivity contribution >= 4 is 11.7 Å². The molecule has 1 aliphatic heterocycles. The lowest BCUT2D eigenvalue weighted by Crippen LogP contribution is -2.42. The zero-order valence-corrected chi connectivity index (χ0v) is 19.5. The van der Waals surface area contributed by atoms with Crippen molar-refractivity contribution in [2.45, 2.75) is 57.9 Å². The Morgan fingerprint density at radius 3 is 2.91 bits per heavy atom. The number of nitrogens with zero attached hydrogens (tertiary/aromatic N) is 2. The number of piperidine rings is 1. The second-order valence-corrected chi connectivity index (χ2v) is 8.88. The lowest BCUT2D eigenvalue weighted by Gasteiger charge is -2.30. The fourth-order valence-electron chi connectivity index (χ4n) is 4.30. The third-order valence-corrected chi connectivity index (χ3v) is 6.14. The van der Waals surface area contributed by atoms with Crippen LogP contribution in [-0.4, -0.2) is 53.8 Å². The number of hydrogen-bond donors (Lipinski definition) is 2. The molecule has 1 saturated heterocycles. The van der Waals surface area contributed by atoms with E-state index in [-0.39, 0.29) is 23.7 Å². The molecule has 1 amide bonds. The van der Waals surface area contributed by atoms with Crippen LogP contribution in [0.4, 0.5) is 0 Å². The molecule has 2 atom stereocenters. The van der Waals surface area contributed by atoms with Gasteiger partial charge in [-0.15, -0.1) is 0 Å². The molecule has 0 bridgehead atoms. The van der Waals surface area contributed by atoms with Gasteiger partial charge in [0.25, 0.3) is 0 Å². The number of imidazole rings is 1. The maximum absolute atomic E-state index is 13.0. The zero-order chi connectivity index (χ0) is 22.9. The fraction of sp³-hybridized carbons (Fsp3) is 0.560. The lowest BCUT2D eigenvalue weighted by molar-refractivity contribution is -0.127. The second kappa shape index (κ2) is 11.8. The van der Waals surface area contributed by atoms with Crippen LogP contribution < -0.4 is 10.1 Å². The first-order valence-corrected chi connectivity index (χ1v) is 11.6. The SMILES string of the molecule is COc1cccc(-c2cnc([C@H](CCCCCC(C)=O)NC(=O)[C@H]3CCCN(C)C3)[nH]2)c1. The number of H-pyrrole nitrogens is 1. The average molecular weight is 441 g/mol. The number of Topliss-reactive ketones (excluding diaryl/α,β-unsaturated/α-hetero) is 1. The minimum Gasteiger partial charge on any atom is -0.497 e. The van der Waals surface area contributed by atoms with Crippen LogP contribution in [0.1, 0.15) is 63.7 Å². The molecule has 2 N–H and O–H groups in total. The fourth-order valence-corrected chi connectivity index (χ4v) is 4.30. The Morgan fingerprint density at radius 2 is 2.16 bits per heavy atom. The molecule has 1 fully saturated rings. The van der Waals surface area contributed by atoms with Gasteiger partial charge in [0.05, 0.1) is 31.0 Å². The number of methoxy groups -OCH3 is 1. The smallest absolute Gasteiger partial charge is 0.224 e. The van der Waals surface area contributed by atoms with Gasteiger partial charge in [0.2, 0.25) is 5.91 Å². The number of rotatable bonds is 11. The summed E-state index contributed by atoms with van der Waals surface area (Å²) >= 11 is 0. The van der Waals surface area contributed by atoms with Gasteiger partial charge >= 0.3 is 0 Å². The minimum atomic E-state index is -0.175. The highest BCUT2D eigenvalue weighted by molar-refractivity contribution is 5.79. The molecule has 0 radical (unpaired) electrons. The molecule has 2 aromatic rings. The Labute approximate surface area is 190 Å². The van der Waals surface area contributed by atoms with E-state index in [0.29, 0.717) is 6.42 Å². The van der Waals surface area contributed by atoms with E-state index in [0.717, 1.165) is 74.4 Å². The maximum atomic E-state index is 13.0. The molecule has 3 rings (SSSR count). The number of ether oxygens (including phenoxy) is 1. The Morgan fingerprint density at radius 1 is 1.31 bits per heavy atom. The van der Waals surface area contributed by atoms with Crippen LogP contribution in [0.3, 0.4) is 0 Å². The summed E-state index contributed by atoms with van der Waals surface area (Å²) in [6, 6.07) is 7.65. The number of ketones is 1. The van der Waals surface area contributed by atoms with E-state index in [4.69, 9.17) is 4.74 Å². The summed E-state index contributed by atoms with van der Waals surface area (Å²) in [4.78, 5) is 34.5. The van der Waals surface area contributed by atoms with E-state index in [1.807, 2.05) is 30.5 Å². The summed E-state index contributed by atoms with van der Waals surface area (Å²) in [5.41, 5.74) is 1.88. The molecule has 0 aliphatic carbocycles. The van der Waals surface area contributed by atoms with Crippen LogP contribution >= 0.6 is 0 Å². The van der Waals surface area contributed by atoms with E-state index in [1.165, 1.54) is 0 Å². The molecule has 7 heteroatoms. The van der Waals surface area contributed by atoms with Crippen molar-refractivity contribution < 1.29 is 14.3 Å². The lowest BCUT2D eigenvalue weighted by atomic mass is 9.96. The molecule has 32 heavy (non-hydrogen) atoms. The van der Waals surface area contributed by atoms with Crippen molar-refractivity contribution in [3.05, 3.63) is 36.3 Å².